The standard InChI is InChI=1S/C18H20ClNO3/c1-13(23-17-4-2-3-15(11-17)12-21)18(22)20-10-9-14-5-7-16(19)8-6-14/h2-8,11,13,21H,9-10,12H2,1H3,(H,20,22). The lowest BCUT2D eigenvalue weighted by Gasteiger charge is -2.15. The lowest BCUT2D eigenvalue weighted by atomic mass is 10.1. The zero-order chi connectivity index (χ0) is 16.7. The molecule has 1 amide bonds. The first-order chi connectivity index (χ1) is 11.1. The number of hydrogen-bond donors (Lipinski definition) is 2. The largest absolute Gasteiger partial charge is 0.481 e. The second kappa shape index (κ2) is 8.56. The van der Waals surface area contributed by atoms with Crippen molar-refractivity contribution < 1.29 is 14.6 Å². The lowest BCUT2D eigenvalue weighted by molar-refractivity contribution is -0.127. The van der Waals surface area contributed by atoms with Gasteiger partial charge in [-0.3, -0.25) is 4.79 Å². The fourth-order valence-corrected chi connectivity index (χ4v) is 2.23. The Morgan fingerprint density at radius 3 is 2.65 bits per heavy atom. The van der Waals surface area contributed by atoms with Crippen LogP contribution >= 0.6 is 11.6 Å². The van der Waals surface area contributed by atoms with Crippen LogP contribution in [-0.4, -0.2) is 23.7 Å². The van der Waals surface area contributed by atoms with Crippen molar-refractivity contribution in [3.05, 3.63) is 64.7 Å². The van der Waals surface area contributed by atoms with Crippen molar-refractivity contribution in [1.82, 2.24) is 5.32 Å². The highest BCUT2D eigenvalue weighted by atomic mass is 35.5. The summed E-state index contributed by atoms with van der Waals surface area (Å²) in [6.07, 6.45) is 0.129. The van der Waals surface area contributed by atoms with E-state index in [1.165, 1.54) is 0 Å². The molecule has 1 unspecified atom stereocenters. The van der Waals surface area contributed by atoms with E-state index in [9.17, 15) is 4.79 Å². The average Bonchev–Trinajstić information content (AvgIpc) is 2.56. The normalized spacial score (nSPS) is 11.8. The Balaban J connectivity index is 1.79. The molecule has 2 rings (SSSR count). The smallest absolute Gasteiger partial charge is 0.260 e. The summed E-state index contributed by atoms with van der Waals surface area (Å²) in [5.74, 6) is 0.394. The molecule has 0 aliphatic heterocycles. The molecule has 0 heterocycles. The number of ether oxygens (including phenoxy) is 1. The predicted molar refractivity (Wildman–Crippen MR) is 90.6 cm³/mol. The average molecular weight is 334 g/mol. The molecule has 1 atom stereocenters. The molecule has 23 heavy (non-hydrogen) atoms. The lowest BCUT2D eigenvalue weighted by Crippen LogP contribution is -2.37. The van der Waals surface area contributed by atoms with Gasteiger partial charge < -0.3 is 15.2 Å². The molecule has 122 valence electrons. The number of aliphatic hydroxyl groups is 1. The third-order valence-corrected chi connectivity index (χ3v) is 3.64. The van der Waals surface area contributed by atoms with Crippen molar-refractivity contribution in [3.8, 4) is 5.75 Å². The third kappa shape index (κ3) is 5.58. The molecule has 0 fully saturated rings. The van der Waals surface area contributed by atoms with Crippen molar-refractivity contribution in [3.63, 3.8) is 0 Å². The molecule has 0 spiro atoms. The first-order valence-electron chi connectivity index (χ1n) is 7.47. The van der Waals surface area contributed by atoms with Gasteiger partial charge >= 0.3 is 0 Å². The Hall–Kier alpha value is -2.04. The van der Waals surface area contributed by atoms with Gasteiger partial charge in [-0.1, -0.05) is 35.9 Å². The van der Waals surface area contributed by atoms with E-state index >= 15 is 0 Å². The fraction of sp³-hybridized carbons (Fsp3) is 0.278. The van der Waals surface area contributed by atoms with Crippen LogP contribution in [0.15, 0.2) is 48.5 Å². The maximum Gasteiger partial charge on any atom is 0.260 e. The molecule has 0 aliphatic rings. The minimum absolute atomic E-state index is 0.0567. The molecule has 0 aliphatic carbocycles. The summed E-state index contributed by atoms with van der Waals surface area (Å²) in [6.45, 7) is 2.17. The molecule has 0 aromatic heterocycles. The number of halogens is 1. The molecule has 0 saturated carbocycles. The zero-order valence-electron chi connectivity index (χ0n) is 13.0. The van der Waals surface area contributed by atoms with Crippen LogP contribution in [0.25, 0.3) is 0 Å². The van der Waals surface area contributed by atoms with Crippen LogP contribution in [0.4, 0.5) is 0 Å². The van der Waals surface area contributed by atoms with Gasteiger partial charge in [0.2, 0.25) is 0 Å². The first-order valence-corrected chi connectivity index (χ1v) is 7.85. The summed E-state index contributed by atoms with van der Waals surface area (Å²) >= 11 is 5.83. The van der Waals surface area contributed by atoms with E-state index in [1.807, 2.05) is 24.3 Å². The highest BCUT2D eigenvalue weighted by molar-refractivity contribution is 6.30. The van der Waals surface area contributed by atoms with Gasteiger partial charge in [0.05, 0.1) is 6.61 Å². The number of carbonyl (C=O) groups excluding carboxylic acids is 1. The van der Waals surface area contributed by atoms with Crippen LogP contribution in [-0.2, 0) is 17.8 Å². The first kappa shape index (κ1) is 17.3. The summed E-state index contributed by atoms with van der Waals surface area (Å²) in [7, 11) is 0. The summed E-state index contributed by atoms with van der Waals surface area (Å²) < 4.78 is 5.60. The molecule has 2 aromatic rings. The Labute approximate surface area is 141 Å². The van der Waals surface area contributed by atoms with E-state index in [2.05, 4.69) is 5.32 Å². The summed E-state index contributed by atoms with van der Waals surface area (Å²) in [5, 5.41) is 12.7. The number of carbonyl (C=O) groups is 1. The van der Waals surface area contributed by atoms with Crippen molar-refractivity contribution in [2.75, 3.05) is 6.54 Å². The molecule has 0 saturated heterocycles. The molecule has 2 N–H and O–H groups in total. The van der Waals surface area contributed by atoms with Gasteiger partial charge in [0.25, 0.3) is 5.91 Å². The van der Waals surface area contributed by atoms with E-state index in [-0.39, 0.29) is 12.5 Å². The van der Waals surface area contributed by atoms with Crippen LogP contribution in [0.5, 0.6) is 5.75 Å². The number of hydrogen-bond acceptors (Lipinski definition) is 3. The molecule has 2 aromatic carbocycles. The maximum atomic E-state index is 12.0. The Bertz CT molecular complexity index is 643. The van der Waals surface area contributed by atoms with Gasteiger partial charge in [0.1, 0.15) is 5.75 Å². The third-order valence-electron chi connectivity index (χ3n) is 3.39. The Kier molecular flexibility index (Phi) is 6.44. The van der Waals surface area contributed by atoms with Gasteiger partial charge in [-0.25, -0.2) is 0 Å². The van der Waals surface area contributed by atoms with E-state index in [0.717, 1.165) is 17.5 Å². The second-order valence-corrected chi connectivity index (χ2v) is 5.67. The molecule has 4 nitrogen and oxygen atoms in total. The number of rotatable bonds is 7. The van der Waals surface area contributed by atoms with Gasteiger partial charge in [-0.2, -0.15) is 0 Å². The van der Waals surface area contributed by atoms with Gasteiger partial charge in [-0.05, 0) is 48.7 Å². The highest BCUT2D eigenvalue weighted by Gasteiger charge is 2.14. The second-order valence-electron chi connectivity index (χ2n) is 5.23. The van der Waals surface area contributed by atoms with E-state index in [1.54, 1.807) is 31.2 Å². The summed E-state index contributed by atoms with van der Waals surface area (Å²) in [6, 6.07) is 14.6. The van der Waals surface area contributed by atoms with Gasteiger partial charge in [0, 0.05) is 11.6 Å². The molecular formula is C18H20ClNO3. The van der Waals surface area contributed by atoms with Crippen molar-refractivity contribution in [2.24, 2.45) is 0 Å². The summed E-state index contributed by atoms with van der Waals surface area (Å²) in [5.41, 5.74) is 1.86. The Morgan fingerprint density at radius 1 is 1.22 bits per heavy atom. The van der Waals surface area contributed by atoms with Crippen molar-refractivity contribution in [1.29, 1.82) is 0 Å². The van der Waals surface area contributed by atoms with Crippen molar-refractivity contribution >= 4 is 17.5 Å². The van der Waals surface area contributed by atoms with E-state index in [0.29, 0.717) is 17.3 Å². The van der Waals surface area contributed by atoms with Crippen LogP contribution in [0.2, 0.25) is 5.02 Å². The van der Waals surface area contributed by atoms with Gasteiger partial charge in [-0.15, -0.1) is 0 Å². The maximum absolute atomic E-state index is 12.0. The summed E-state index contributed by atoms with van der Waals surface area (Å²) in [4.78, 5) is 12.0. The van der Waals surface area contributed by atoms with Crippen molar-refractivity contribution in [2.45, 2.75) is 26.1 Å². The van der Waals surface area contributed by atoms with E-state index < -0.39 is 6.10 Å². The molecule has 5 heteroatoms. The van der Waals surface area contributed by atoms with Gasteiger partial charge in [0.15, 0.2) is 6.10 Å². The number of nitrogens with one attached hydrogen (secondary N) is 1. The molecule has 0 radical (unpaired) electrons. The molecular weight excluding hydrogens is 314 g/mol. The number of amides is 1. The number of aliphatic hydroxyl groups excluding tert-OH is 1. The minimum Gasteiger partial charge on any atom is -0.481 e. The highest BCUT2D eigenvalue weighted by Crippen LogP contribution is 2.15. The Morgan fingerprint density at radius 2 is 1.96 bits per heavy atom. The quantitative estimate of drug-likeness (QED) is 0.819. The topological polar surface area (TPSA) is 58.6 Å². The predicted octanol–water partition coefficient (Wildman–Crippen LogP) is 2.96. The fourth-order valence-electron chi connectivity index (χ4n) is 2.10. The minimum atomic E-state index is -0.603. The van der Waals surface area contributed by atoms with Crippen LogP contribution in [0.3, 0.4) is 0 Å². The van der Waals surface area contributed by atoms with Crippen LogP contribution in [0.1, 0.15) is 18.1 Å². The van der Waals surface area contributed by atoms with E-state index in [4.69, 9.17) is 21.4 Å². The van der Waals surface area contributed by atoms with Crippen LogP contribution < -0.4 is 10.1 Å². The SMILES string of the molecule is CC(Oc1cccc(CO)c1)C(=O)NCCc1ccc(Cl)cc1. The monoisotopic (exact) mass is 333 g/mol. The zero-order valence-corrected chi connectivity index (χ0v) is 13.7. The molecule has 0 bridgehead atoms. The number of benzene rings is 2. The van der Waals surface area contributed by atoms with Crippen LogP contribution in [0, 0.1) is 0 Å².